The minimum Gasteiger partial charge on any atom is -0.497 e. The summed E-state index contributed by atoms with van der Waals surface area (Å²) < 4.78 is 5.08. The van der Waals surface area contributed by atoms with Gasteiger partial charge in [0.05, 0.1) is 13.7 Å². The Bertz CT molecular complexity index is 694. The van der Waals surface area contributed by atoms with Crippen molar-refractivity contribution in [3.63, 3.8) is 0 Å². The highest BCUT2D eigenvalue weighted by Crippen LogP contribution is 2.15. The summed E-state index contributed by atoms with van der Waals surface area (Å²) in [5.74, 6) is 0.518. The summed E-state index contributed by atoms with van der Waals surface area (Å²) in [5.41, 5.74) is 2.05. The van der Waals surface area contributed by atoms with Crippen LogP contribution < -0.4 is 15.4 Å². The normalized spacial score (nSPS) is 9.96. The number of rotatable bonds is 6. The van der Waals surface area contributed by atoms with E-state index in [-0.39, 0.29) is 18.4 Å². The fraction of sp³-hybridized carbons (Fsp3) is 0.222. The molecule has 0 atom stereocenters. The molecule has 0 saturated heterocycles. The van der Waals surface area contributed by atoms with Gasteiger partial charge in [0, 0.05) is 31.0 Å². The molecule has 2 rings (SSSR count). The lowest BCUT2D eigenvalue weighted by atomic mass is 10.2. The second-order valence-electron chi connectivity index (χ2n) is 5.41. The minimum atomic E-state index is -0.169. The number of hydrogen-bond acceptors (Lipinski definition) is 4. The highest BCUT2D eigenvalue weighted by molar-refractivity contribution is 5.96. The topological polar surface area (TPSA) is 70.7 Å². The van der Waals surface area contributed by atoms with Crippen LogP contribution in [0.3, 0.4) is 0 Å². The summed E-state index contributed by atoms with van der Waals surface area (Å²) in [6, 6.07) is 14.1. The van der Waals surface area contributed by atoms with Crippen molar-refractivity contribution in [2.24, 2.45) is 0 Å². The molecule has 6 nitrogen and oxygen atoms in total. The van der Waals surface area contributed by atoms with Gasteiger partial charge in [-0.15, -0.1) is 0 Å². The molecule has 0 radical (unpaired) electrons. The van der Waals surface area contributed by atoms with Gasteiger partial charge in [-0.3, -0.25) is 9.59 Å². The first-order chi connectivity index (χ1) is 11.5. The summed E-state index contributed by atoms with van der Waals surface area (Å²) in [5, 5.41) is 5.81. The number of hydrogen-bond donors (Lipinski definition) is 2. The molecule has 24 heavy (non-hydrogen) atoms. The van der Waals surface area contributed by atoms with Crippen molar-refractivity contribution < 1.29 is 14.3 Å². The minimum absolute atomic E-state index is 0.0750. The highest BCUT2D eigenvalue weighted by Gasteiger charge is 2.08. The number of nitrogens with zero attached hydrogens (tertiary/aromatic N) is 1. The van der Waals surface area contributed by atoms with E-state index in [0.717, 1.165) is 11.4 Å². The number of carbonyl (C=O) groups excluding carboxylic acids is 2. The number of benzene rings is 2. The quantitative estimate of drug-likeness (QED) is 0.855. The van der Waals surface area contributed by atoms with Gasteiger partial charge in [0.1, 0.15) is 5.75 Å². The molecule has 0 heterocycles. The molecule has 2 N–H and O–H groups in total. The highest BCUT2D eigenvalue weighted by atomic mass is 16.5. The van der Waals surface area contributed by atoms with Gasteiger partial charge < -0.3 is 20.3 Å². The molecule has 0 spiro atoms. The van der Waals surface area contributed by atoms with Gasteiger partial charge in [0.2, 0.25) is 5.91 Å². The smallest absolute Gasteiger partial charge is 0.253 e. The van der Waals surface area contributed by atoms with Crippen molar-refractivity contribution in [2.45, 2.75) is 0 Å². The Balaban J connectivity index is 1.86. The second-order valence-corrected chi connectivity index (χ2v) is 5.41. The lowest BCUT2D eigenvalue weighted by Crippen LogP contribution is -2.22. The zero-order valence-electron chi connectivity index (χ0n) is 14.0. The van der Waals surface area contributed by atoms with Crippen molar-refractivity contribution in [1.82, 2.24) is 4.90 Å². The zero-order valence-corrected chi connectivity index (χ0v) is 14.0. The molecule has 0 aliphatic rings. The monoisotopic (exact) mass is 327 g/mol. The number of anilines is 2. The predicted molar refractivity (Wildman–Crippen MR) is 94.6 cm³/mol. The summed E-state index contributed by atoms with van der Waals surface area (Å²) in [4.78, 5) is 25.3. The van der Waals surface area contributed by atoms with Crippen LogP contribution in [-0.2, 0) is 4.79 Å². The number of methoxy groups -OCH3 is 1. The lowest BCUT2D eigenvalue weighted by Gasteiger charge is -2.11. The van der Waals surface area contributed by atoms with E-state index in [2.05, 4.69) is 10.6 Å². The maximum absolute atomic E-state index is 12.0. The van der Waals surface area contributed by atoms with Gasteiger partial charge in [0.25, 0.3) is 5.91 Å². The molecule has 0 aromatic heterocycles. The van der Waals surface area contributed by atoms with Crippen LogP contribution in [0.4, 0.5) is 11.4 Å². The lowest BCUT2D eigenvalue weighted by molar-refractivity contribution is -0.114. The number of nitrogens with one attached hydrogen (secondary N) is 2. The van der Waals surface area contributed by atoms with Crippen molar-refractivity contribution in [2.75, 3.05) is 38.4 Å². The standard InChI is InChI=1S/C18H21N3O3/c1-21(2)18(23)13-4-6-15(7-5-13)20-17(22)12-19-14-8-10-16(24-3)11-9-14/h4-11,19H,12H2,1-3H3,(H,20,22). The first kappa shape index (κ1) is 17.3. The Labute approximate surface area is 141 Å². The average Bonchev–Trinajstić information content (AvgIpc) is 2.60. The predicted octanol–water partition coefficient (Wildman–Crippen LogP) is 2.45. The number of carbonyl (C=O) groups is 2. The third kappa shape index (κ3) is 4.74. The zero-order chi connectivity index (χ0) is 17.5. The summed E-state index contributed by atoms with van der Waals surface area (Å²) in [7, 11) is 5.00. The number of ether oxygens (including phenoxy) is 1. The van der Waals surface area contributed by atoms with E-state index in [1.165, 1.54) is 4.90 Å². The van der Waals surface area contributed by atoms with E-state index in [0.29, 0.717) is 11.3 Å². The van der Waals surface area contributed by atoms with Crippen LogP contribution in [0.15, 0.2) is 48.5 Å². The summed E-state index contributed by atoms with van der Waals surface area (Å²) in [6.07, 6.45) is 0. The summed E-state index contributed by atoms with van der Waals surface area (Å²) >= 11 is 0. The van der Waals surface area contributed by atoms with Gasteiger partial charge in [-0.1, -0.05) is 0 Å². The fourth-order valence-electron chi connectivity index (χ4n) is 2.05. The van der Waals surface area contributed by atoms with Crippen molar-refractivity contribution >= 4 is 23.2 Å². The van der Waals surface area contributed by atoms with Crippen LogP contribution in [-0.4, -0.2) is 44.5 Å². The van der Waals surface area contributed by atoms with Crippen LogP contribution in [0.25, 0.3) is 0 Å². The average molecular weight is 327 g/mol. The first-order valence-electron chi connectivity index (χ1n) is 7.49. The van der Waals surface area contributed by atoms with Gasteiger partial charge in [0.15, 0.2) is 0 Å². The first-order valence-corrected chi connectivity index (χ1v) is 7.49. The van der Waals surface area contributed by atoms with Crippen molar-refractivity contribution in [3.05, 3.63) is 54.1 Å². The Kier molecular flexibility index (Phi) is 5.78. The molecular weight excluding hydrogens is 306 g/mol. The molecule has 2 aromatic carbocycles. The molecule has 2 aromatic rings. The Hall–Kier alpha value is -3.02. The van der Waals surface area contributed by atoms with Gasteiger partial charge in [-0.05, 0) is 48.5 Å². The van der Waals surface area contributed by atoms with Crippen LogP contribution in [0.2, 0.25) is 0 Å². The van der Waals surface area contributed by atoms with Crippen molar-refractivity contribution in [1.29, 1.82) is 0 Å². The van der Waals surface area contributed by atoms with E-state index in [9.17, 15) is 9.59 Å². The van der Waals surface area contributed by atoms with Gasteiger partial charge in [-0.2, -0.15) is 0 Å². The van der Waals surface area contributed by atoms with E-state index < -0.39 is 0 Å². The molecule has 0 fully saturated rings. The van der Waals surface area contributed by atoms with Gasteiger partial charge >= 0.3 is 0 Å². The molecule has 126 valence electrons. The number of amides is 2. The van der Waals surface area contributed by atoms with Crippen LogP contribution in [0.5, 0.6) is 5.75 Å². The third-order valence-electron chi connectivity index (χ3n) is 3.36. The molecule has 0 bridgehead atoms. The van der Waals surface area contributed by atoms with E-state index in [1.54, 1.807) is 45.5 Å². The molecule has 0 unspecified atom stereocenters. The van der Waals surface area contributed by atoms with Crippen LogP contribution >= 0.6 is 0 Å². The molecule has 0 aliphatic carbocycles. The maximum atomic E-state index is 12.0. The van der Waals surface area contributed by atoms with Crippen LogP contribution in [0.1, 0.15) is 10.4 Å². The molecule has 0 saturated carbocycles. The third-order valence-corrected chi connectivity index (χ3v) is 3.36. The maximum Gasteiger partial charge on any atom is 0.253 e. The van der Waals surface area contributed by atoms with E-state index in [4.69, 9.17) is 4.74 Å². The Morgan fingerprint density at radius 2 is 1.54 bits per heavy atom. The molecule has 6 heteroatoms. The van der Waals surface area contributed by atoms with Crippen LogP contribution in [0, 0.1) is 0 Å². The largest absolute Gasteiger partial charge is 0.497 e. The Morgan fingerprint density at radius 1 is 0.958 bits per heavy atom. The molecule has 0 aliphatic heterocycles. The SMILES string of the molecule is COc1ccc(NCC(=O)Nc2ccc(C(=O)N(C)C)cc2)cc1. The fourth-order valence-corrected chi connectivity index (χ4v) is 2.05. The second kappa shape index (κ2) is 8.01. The van der Waals surface area contributed by atoms with E-state index >= 15 is 0 Å². The van der Waals surface area contributed by atoms with Gasteiger partial charge in [-0.25, -0.2) is 0 Å². The van der Waals surface area contributed by atoms with E-state index in [1.807, 2.05) is 24.3 Å². The molecular formula is C18H21N3O3. The molecule has 2 amide bonds. The van der Waals surface area contributed by atoms with Crippen molar-refractivity contribution in [3.8, 4) is 5.75 Å². The Morgan fingerprint density at radius 3 is 2.08 bits per heavy atom. The summed E-state index contributed by atoms with van der Waals surface area (Å²) in [6.45, 7) is 0.144.